The highest BCUT2D eigenvalue weighted by Crippen LogP contribution is 2.22. The van der Waals surface area contributed by atoms with Crippen LogP contribution in [0, 0.1) is 0 Å². The fourth-order valence-electron chi connectivity index (χ4n) is 1.97. The van der Waals surface area contributed by atoms with Gasteiger partial charge in [0.25, 0.3) is 5.91 Å². The van der Waals surface area contributed by atoms with E-state index in [-0.39, 0.29) is 12.0 Å². The first kappa shape index (κ1) is 12.4. The maximum atomic E-state index is 11.7. The van der Waals surface area contributed by atoms with Crippen molar-refractivity contribution in [2.24, 2.45) is 0 Å². The second-order valence-electron chi connectivity index (χ2n) is 4.26. The van der Waals surface area contributed by atoms with Gasteiger partial charge in [-0.1, -0.05) is 43.2 Å². The lowest BCUT2D eigenvalue weighted by Gasteiger charge is -2.14. The molecule has 0 heterocycles. The Kier molecular flexibility index (Phi) is 4.40. The molecule has 1 aliphatic carbocycles. The highest BCUT2D eigenvalue weighted by molar-refractivity contribution is 6.30. The Morgan fingerprint density at radius 2 is 1.94 bits per heavy atom. The van der Waals surface area contributed by atoms with Crippen LogP contribution in [0.25, 0.3) is 0 Å². The normalized spacial score (nSPS) is 17.9. The summed E-state index contributed by atoms with van der Waals surface area (Å²) in [5, 5.41) is -0.697. The lowest BCUT2D eigenvalue weighted by Crippen LogP contribution is -2.30. The first-order chi connectivity index (χ1) is 8.27. The molecule has 3 nitrogen and oxygen atoms in total. The Bertz CT molecular complexity index is 363. The van der Waals surface area contributed by atoms with Crippen LogP contribution in [0.4, 0.5) is 0 Å². The van der Waals surface area contributed by atoms with Gasteiger partial charge in [0.05, 0.1) is 6.10 Å². The molecule has 1 aromatic rings. The van der Waals surface area contributed by atoms with Crippen LogP contribution in [0.1, 0.15) is 36.6 Å². The molecule has 0 aliphatic heterocycles. The van der Waals surface area contributed by atoms with E-state index < -0.39 is 5.38 Å². The molecule has 1 aliphatic rings. The smallest absolute Gasteiger partial charge is 0.266 e. The standard InChI is InChI=1S/C13H16ClNO2/c14-12(10-6-2-1-3-7-10)13(16)15-17-11-8-4-5-9-11/h1-3,6-7,11-12H,4-5,8-9H2,(H,15,16). The fraction of sp³-hybridized carbons (Fsp3) is 0.462. The maximum absolute atomic E-state index is 11.7. The highest BCUT2D eigenvalue weighted by Gasteiger charge is 2.21. The molecule has 1 amide bonds. The lowest BCUT2D eigenvalue weighted by atomic mass is 10.1. The summed E-state index contributed by atoms with van der Waals surface area (Å²) >= 11 is 6.05. The van der Waals surface area contributed by atoms with Gasteiger partial charge in [0.2, 0.25) is 0 Å². The van der Waals surface area contributed by atoms with Gasteiger partial charge >= 0.3 is 0 Å². The summed E-state index contributed by atoms with van der Waals surface area (Å²) in [4.78, 5) is 17.1. The van der Waals surface area contributed by atoms with Crippen molar-refractivity contribution in [3.63, 3.8) is 0 Å². The Hall–Kier alpha value is -1.06. The van der Waals surface area contributed by atoms with Gasteiger partial charge in [0.15, 0.2) is 0 Å². The van der Waals surface area contributed by atoms with Gasteiger partial charge in [-0.15, -0.1) is 11.6 Å². The Morgan fingerprint density at radius 1 is 1.29 bits per heavy atom. The molecule has 1 fully saturated rings. The second kappa shape index (κ2) is 6.03. The van der Waals surface area contributed by atoms with Crippen molar-refractivity contribution >= 4 is 17.5 Å². The van der Waals surface area contributed by atoms with E-state index >= 15 is 0 Å². The van der Waals surface area contributed by atoms with Crippen molar-refractivity contribution < 1.29 is 9.63 Å². The van der Waals surface area contributed by atoms with Crippen LogP contribution in [0.3, 0.4) is 0 Å². The van der Waals surface area contributed by atoms with Gasteiger partial charge in [-0.05, 0) is 18.4 Å². The molecule has 1 unspecified atom stereocenters. The van der Waals surface area contributed by atoms with Crippen molar-refractivity contribution in [3.05, 3.63) is 35.9 Å². The number of halogens is 1. The van der Waals surface area contributed by atoms with E-state index in [1.54, 1.807) is 0 Å². The lowest BCUT2D eigenvalue weighted by molar-refractivity contribution is -0.137. The molecule has 0 spiro atoms. The van der Waals surface area contributed by atoms with Crippen LogP contribution in [0.15, 0.2) is 30.3 Å². The summed E-state index contributed by atoms with van der Waals surface area (Å²) in [5.74, 6) is -0.301. The third-order valence-electron chi connectivity index (χ3n) is 2.95. The summed E-state index contributed by atoms with van der Waals surface area (Å²) in [6, 6.07) is 9.26. The van der Waals surface area contributed by atoms with Gasteiger partial charge in [0, 0.05) is 0 Å². The number of hydrogen-bond acceptors (Lipinski definition) is 2. The van der Waals surface area contributed by atoms with Crippen molar-refractivity contribution in [1.82, 2.24) is 5.48 Å². The van der Waals surface area contributed by atoms with Gasteiger partial charge < -0.3 is 0 Å². The highest BCUT2D eigenvalue weighted by atomic mass is 35.5. The molecule has 0 aromatic heterocycles. The molecule has 0 bridgehead atoms. The number of rotatable bonds is 4. The van der Waals surface area contributed by atoms with E-state index in [0.29, 0.717) is 0 Å². The van der Waals surface area contributed by atoms with Gasteiger partial charge in [-0.3, -0.25) is 9.63 Å². The van der Waals surface area contributed by atoms with E-state index in [1.165, 1.54) is 12.8 Å². The zero-order chi connectivity index (χ0) is 12.1. The number of carbonyl (C=O) groups is 1. The number of carbonyl (C=O) groups excluding carboxylic acids is 1. The molecule has 0 saturated heterocycles. The van der Waals surface area contributed by atoms with E-state index in [1.807, 2.05) is 30.3 Å². The number of nitrogens with one attached hydrogen (secondary N) is 1. The SMILES string of the molecule is O=C(NOC1CCCC1)C(Cl)c1ccccc1. The predicted molar refractivity (Wildman–Crippen MR) is 66.5 cm³/mol. The molecule has 2 rings (SSSR count). The third-order valence-corrected chi connectivity index (χ3v) is 3.40. The molecule has 1 saturated carbocycles. The molecule has 1 N–H and O–H groups in total. The minimum absolute atomic E-state index is 0.151. The molecule has 92 valence electrons. The monoisotopic (exact) mass is 253 g/mol. The molecule has 1 atom stereocenters. The number of hydroxylamine groups is 1. The van der Waals surface area contributed by atoms with E-state index in [4.69, 9.17) is 16.4 Å². The first-order valence-corrected chi connectivity index (χ1v) is 6.35. The summed E-state index contributed by atoms with van der Waals surface area (Å²) in [7, 11) is 0. The number of alkyl halides is 1. The molecule has 4 heteroatoms. The van der Waals surface area contributed by atoms with Crippen molar-refractivity contribution in [2.75, 3.05) is 0 Å². The zero-order valence-electron chi connectivity index (χ0n) is 9.56. The van der Waals surface area contributed by atoms with Gasteiger partial charge in [-0.2, -0.15) is 0 Å². The Morgan fingerprint density at radius 3 is 2.59 bits per heavy atom. The maximum Gasteiger partial charge on any atom is 0.266 e. The van der Waals surface area contributed by atoms with E-state index in [9.17, 15) is 4.79 Å². The first-order valence-electron chi connectivity index (χ1n) is 5.92. The van der Waals surface area contributed by atoms with Crippen molar-refractivity contribution in [2.45, 2.75) is 37.2 Å². The molecule has 1 aromatic carbocycles. The van der Waals surface area contributed by atoms with E-state index in [0.717, 1.165) is 18.4 Å². The van der Waals surface area contributed by atoms with Crippen molar-refractivity contribution in [3.8, 4) is 0 Å². The number of benzene rings is 1. The third kappa shape index (κ3) is 3.45. The van der Waals surface area contributed by atoms with Crippen molar-refractivity contribution in [1.29, 1.82) is 0 Å². The zero-order valence-corrected chi connectivity index (χ0v) is 10.3. The molecule has 17 heavy (non-hydrogen) atoms. The van der Waals surface area contributed by atoms with Crippen LogP contribution >= 0.6 is 11.6 Å². The predicted octanol–water partition coefficient (Wildman–Crippen LogP) is 2.96. The number of hydrogen-bond donors (Lipinski definition) is 1. The summed E-state index contributed by atoms with van der Waals surface area (Å²) in [6.45, 7) is 0. The quantitative estimate of drug-likeness (QED) is 0.662. The van der Waals surface area contributed by atoms with Crippen LogP contribution in [-0.2, 0) is 9.63 Å². The summed E-state index contributed by atoms with van der Waals surface area (Å²) in [5.41, 5.74) is 3.23. The second-order valence-corrected chi connectivity index (χ2v) is 4.70. The Balaban J connectivity index is 1.83. The van der Waals surface area contributed by atoms with Gasteiger partial charge in [-0.25, -0.2) is 5.48 Å². The average Bonchev–Trinajstić information content (AvgIpc) is 2.89. The summed E-state index contributed by atoms with van der Waals surface area (Å²) < 4.78 is 0. The van der Waals surface area contributed by atoms with Crippen LogP contribution in [0.5, 0.6) is 0 Å². The minimum Gasteiger partial charge on any atom is -0.271 e. The van der Waals surface area contributed by atoms with Crippen LogP contribution < -0.4 is 5.48 Å². The average molecular weight is 254 g/mol. The molecule has 0 radical (unpaired) electrons. The fourth-order valence-corrected chi connectivity index (χ4v) is 2.16. The molecular formula is C13H16ClNO2. The Labute approximate surface area is 106 Å². The minimum atomic E-state index is -0.697. The molecular weight excluding hydrogens is 238 g/mol. The van der Waals surface area contributed by atoms with Gasteiger partial charge in [0.1, 0.15) is 5.38 Å². The summed E-state index contributed by atoms with van der Waals surface area (Å²) in [6.07, 6.45) is 4.52. The topological polar surface area (TPSA) is 38.3 Å². The van der Waals surface area contributed by atoms with E-state index in [2.05, 4.69) is 5.48 Å². The largest absolute Gasteiger partial charge is 0.271 e. The number of amides is 1. The van der Waals surface area contributed by atoms with Crippen LogP contribution in [0.2, 0.25) is 0 Å². The van der Waals surface area contributed by atoms with Crippen LogP contribution in [-0.4, -0.2) is 12.0 Å².